The molecule has 1 N–H and O–H groups in total. The quantitative estimate of drug-likeness (QED) is 0.252. The van der Waals surface area contributed by atoms with E-state index in [1.807, 2.05) is 19.1 Å². The summed E-state index contributed by atoms with van der Waals surface area (Å²) >= 11 is 0. The predicted molar refractivity (Wildman–Crippen MR) is 113 cm³/mol. The van der Waals surface area contributed by atoms with Gasteiger partial charge in [-0.1, -0.05) is 25.5 Å². The molecule has 6 heteroatoms. The Morgan fingerprint density at radius 3 is 2.73 bits per heavy atom. The van der Waals surface area contributed by atoms with E-state index >= 15 is 0 Å². The first-order chi connectivity index (χ1) is 14.3. The van der Waals surface area contributed by atoms with Gasteiger partial charge in [-0.3, -0.25) is 9.59 Å². The number of hydrogen-bond acceptors (Lipinski definition) is 6. The van der Waals surface area contributed by atoms with Crippen LogP contribution >= 0.6 is 0 Å². The highest BCUT2D eigenvalue weighted by atomic mass is 16.6. The molecule has 0 aromatic rings. The van der Waals surface area contributed by atoms with Crippen LogP contribution in [0.4, 0.5) is 0 Å². The van der Waals surface area contributed by atoms with Gasteiger partial charge < -0.3 is 19.3 Å². The van der Waals surface area contributed by atoms with Crippen molar-refractivity contribution in [1.82, 2.24) is 0 Å². The number of aliphatic hydroxyl groups is 1. The highest BCUT2D eigenvalue weighted by Gasteiger charge is 2.49. The fraction of sp³-hybridized carbons (Fsp3) is 0.750. The predicted octanol–water partition coefficient (Wildman–Crippen LogP) is 3.41. The van der Waals surface area contributed by atoms with Crippen LogP contribution in [0.25, 0.3) is 0 Å². The van der Waals surface area contributed by atoms with Gasteiger partial charge in [0.05, 0.1) is 25.4 Å². The van der Waals surface area contributed by atoms with E-state index in [0.29, 0.717) is 19.3 Å². The number of aliphatic hydroxyl groups excluding tert-OH is 1. The molecular weight excluding hydrogens is 384 g/mol. The van der Waals surface area contributed by atoms with Gasteiger partial charge in [0.15, 0.2) is 0 Å². The summed E-state index contributed by atoms with van der Waals surface area (Å²) in [5, 5.41) is 10.4. The standard InChI is InChI=1S/C24H36O6/c1-5-6-9-16(2)21(26)13-12-19-20-14-18(10-7-8-11-24(27)28-4)30-23(20)15-22(19)29-17(3)25/h12-13,16,18-23,26H,7-11,14-15H2,1-4H3/t16?,18-,19-,20-,21-,22-,23?/m1/s1. The van der Waals surface area contributed by atoms with Gasteiger partial charge in [-0.15, -0.1) is 11.8 Å². The number of unbranched alkanes of at least 4 members (excludes halogenated alkanes) is 1. The monoisotopic (exact) mass is 420 g/mol. The molecule has 0 radical (unpaired) electrons. The maximum Gasteiger partial charge on any atom is 0.305 e. The number of carbonyl (C=O) groups is 2. The molecule has 1 heterocycles. The smallest absolute Gasteiger partial charge is 0.305 e. The average Bonchev–Trinajstić information content (AvgIpc) is 3.23. The van der Waals surface area contributed by atoms with E-state index in [1.54, 1.807) is 6.92 Å². The SMILES string of the molecule is CC#CCC(C)[C@H](O)C=C[C@H]1[C@H](OC(C)=O)CC2O[C@H](CCCCC(=O)OC)C[C@@H]21. The van der Waals surface area contributed by atoms with Crippen molar-refractivity contribution >= 4 is 11.9 Å². The third-order valence-corrected chi connectivity index (χ3v) is 6.18. The van der Waals surface area contributed by atoms with Crippen LogP contribution in [0, 0.1) is 29.6 Å². The van der Waals surface area contributed by atoms with Gasteiger partial charge in [0.25, 0.3) is 0 Å². The van der Waals surface area contributed by atoms with E-state index in [1.165, 1.54) is 14.0 Å². The maximum atomic E-state index is 11.6. The molecule has 0 aromatic heterocycles. The Balaban J connectivity index is 1.94. The van der Waals surface area contributed by atoms with Gasteiger partial charge in [0.2, 0.25) is 0 Å². The average molecular weight is 421 g/mol. The fourth-order valence-electron chi connectivity index (χ4n) is 4.51. The van der Waals surface area contributed by atoms with Crippen LogP contribution in [-0.4, -0.2) is 48.6 Å². The van der Waals surface area contributed by atoms with E-state index in [4.69, 9.17) is 9.47 Å². The summed E-state index contributed by atoms with van der Waals surface area (Å²) < 4.78 is 16.5. The van der Waals surface area contributed by atoms with Crippen molar-refractivity contribution in [3.8, 4) is 11.8 Å². The molecule has 2 fully saturated rings. The molecule has 30 heavy (non-hydrogen) atoms. The van der Waals surface area contributed by atoms with Crippen molar-refractivity contribution < 1.29 is 28.9 Å². The van der Waals surface area contributed by atoms with Crippen LogP contribution in [0.3, 0.4) is 0 Å². The van der Waals surface area contributed by atoms with Crippen molar-refractivity contribution in [2.24, 2.45) is 17.8 Å². The van der Waals surface area contributed by atoms with Crippen molar-refractivity contribution in [1.29, 1.82) is 0 Å². The number of ether oxygens (including phenoxy) is 3. The molecule has 1 saturated carbocycles. The van der Waals surface area contributed by atoms with Crippen molar-refractivity contribution in [3.63, 3.8) is 0 Å². The van der Waals surface area contributed by atoms with Gasteiger partial charge in [-0.05, 0) is 38.0 Å². The Hall–Kier alpha value is -1.84. The Labute approximate surface area is 180 Å². The second-order valence-corrected chi connectivity index (χ2v) is 8.46. The molecule has 1 aliphatic carbocycles. The third-order valence-electron chi connectivity index (χ3n) is 6.18. The molecule has 6 nitrogen and oxygen atoms in total. The molecule has 7 atom stereocenters. The van der Waals surface area contributed by atoms with Gasteiger partial charge >= 0.3 is 11.9 Å². The first-order valence-electron chi connectivity index (χ1n) is 11.0. The lowest BCUT2D eigenvalue weighted by Crippen LogP contribution is -2.25. The van der Waals surface area contributed by atoms with Crippen LogP contribution in [0.5, 0.6) is 0 Å². The molecule has 1 aliphatic heterocycles. The van der Waals surface area contributed by atoms with Crippen LogP contribution in [0.15, 0.2) is 12.2 Å². The number of fused-ring (bicyclic) bond motifs is 1. The zero-order valence-electron chi connectivity index (χ0n) is 18.6. The largest absolute Gasteiger partial charge is 0.469 e. The molecule has 0 bridgehead atoms. The lowest BCUT2D eigenvalue weighted by atomic mass is 9.88. The molecule has 168 valence electrons. The van der Waals surface area contributed by atoms with Gasteiger partial charge in [0, 0.05) is 32.1 Å². The molecule has 0 aromatic carbocycles. The molecule has 2 unspecified atom stereocenters. The summed E-state index contributed by atoms with van der Waals surface area (Å²) in [7, 11) is 1.41. The topological polar surface area (TPSA) is 82.1 Å². The number of carbonyl (C=O) groups excluding carboxylic acids is 2. The van der Waals surface area contributed by atoms with E-state index in [-0.39, 0.29) is 48.0 Å². The Kier molecular flexibility index (Phi) is 9.87. The number of hydrogen-bond donors (Lipinski definition) is 1. The van der Waals surface area contributed by atoms with Crippen LogP contribution < -0.4 is 0 Å². The second kappa shape index (κ2) is 12.1. The minimum absolute atomic E-state index is 0.0399. The summed E-state index contributed by atoms with van der Waals surface area (Å²) in [6.07, 6.45) is 8.57. The van der Waals surface area contributed by atoms with E-state index in [0.717, 1.165) is 25.7 Å². The van der Waals surface area contributed by atoms with Gasteiger partial charge in [0.1, 0.15) is 6.10 Å². The number of methoxy groups -OCH3 is 1. The Morgan fingerprint density at radius 1 is 1.30 bits per heavy atom. The Morgan fingerprint density at radius 2 is 2.07 bits per heavy atom. The van der Waals surface area contributed by atoms with E-state index in [9.17, 15) is 14.7 Å². The third kappa shape index (κ3) is 7.14. The zero-order chi connectivity index (χ0) is 22.1. The first kappa shape index (κ1) is 24.4. The van der Waals surface area contributed by atoms with Crippen molar-refractivity contribution in [2.75, 3.05) is 7.11 Å². The second-order valence-electron chi connectivity index (χ2n) is 8.46. The normalized spacial score (nSPS) is 29.7. The highest BCUT2D eigenvalue weighted by molar-refractivity contribution is 5.69. The molecule has 2 rings (SSSR count). The zero-order valence-corrected chi connectivity index (χ0v) is 18.6. The summed E-state index contributed by atoms with van der Waals surface area (Å²) in [6, 6.07) is 0. The van der Waals surface area contributed by atoms with Gasteiger partial charge in [-0.2, -0.15) is 0 Å². The molecule has 0 amide bonds. The summed E-state index contributed by atoms with van der Waals surface area (Å²) in [5.41, 5.74) is 0. The summed E-state index contributed by atoms with van der Waals surface area (Å²) in [5.74, 6) is 5.76. The van der Waals surface area contributed by atoms with Gasteiger partial charge in [-0.25, -0.2) is 0 Å². The lowest BCUT2D eigenvalue weighted by Gasteiger charge is -2.22. The number of rotatable bonds is 10. The molecule has 2 aliphatic rings. The molecule has 1 saturated heterocycles. The van der Waals surface area contributed by atoms with Crippen LogP contribution in [0.1, 0.15) is 65.7 Å². The van der Waals surface area contributed by atoms with E-state index in [2.05, 4.69) is 16.6 Å². The molecular formula is C24H36O6. The van der Waals surface area contributed by atoms with E-state index < -0.39 is 6.10 Å². The summed E-state index contributed by atoms with van der Waals surface area (Å²) in [4.78, 5) is 22.8. The minimum Gasteiger partial charge on any atom is -0.469 e. The fourth-order valence-corrected chi connectivity index (χ4v) is 4.51. The van der Waals surface area contributed by atoms with Crippen LogP contribution in [0.2, 0.25) is 0 Å². The minimum atomic E-state index is -0.584. The molecule has 0 spiro atoms. The maximum absolute atomic E-state index is 11.6. The Bertz CT molecular complexity index is 660. The summed E-state index contributed by atoms with van der Waals surface area (Å²) in [6.45, 7) is 5.20. The van der Waals surface area contributed by atoms with Crippen molar-refractivity contribution in [2.45, 2.75) is 90.1 Å². The first-order valence-corrected chi connectivity index (χ1v) is 11.0. The number of esters is 2. The van der Waals surface area contributed by atoms with Crippen molar-refractivity contribution in [3.05, 3.63) is 12.2 Å². The van der Waals surface area contributed by atoms with Crippen LogP contribution in [-0.2, 0) is 23.8 Å². The highest BCUT2D eigenvalue weighted by Crippen LogP contribution is 2.46. The lowest BCUT2D eigenvalue weighted by molar-refractivity contribution is -0.148.